The highest BCUT2D eigenvalue weighted by Gasteiger charge is 2.11. The van der Waals surface area contributed by atoms with E-state index < -0.39 is 0 Å². The molecule has 0 atom stereocenters. The van der Waals surface area contributed by atoms with Crippen LogP contribution in [0.15, 0.2) is 18.2 Å². The largest absolute Gasteiger partial charge is 0.492 e. The monoisotopic (exact) mass is 249 g/mol. The van der Waals surface area contributed by atoms with Crippen LogP contribution in [0.3, 0.4) is 0 Å². The molecule has 0 aliphatic heterocycles. The maximum absolute atomic E-state index is 13.1. The molecule has 98 valence electrons. The van der Waals surface area contributed by atoms with Crippen molar-refractivity contribution < 1.29 is 9.13 Å². The Hall–Kier alpha value is -1.53. The summed E-state index contributed by atoms with van der Waals surface area (Å²) in [6.45, 7) is 7.28. The standard InChI is InChI=1S/C15H20FNO/c1-15(2,3)8-10-18-14-7-6-13(16)11-12(14)5-4-9-17/h6-7,11H,8-10,17H2,1-3H3. The lowest BCUT2D eigenvalue weighted by molar-refractivity contribution is 0.242. The number of rotatable bonds is 3. The molecule has 1 aromatic rings. The van der Waals surface area contributed by atoms with E-state index in [1.165, 1.54) is 12.1 Å². The Morgan fingerprint density at radius 3 is 2.67 bits per heavy atom. The average Bonchev–Trinajstić information content (AvgIpc) is 2.27. The summed E-state index contributed by atoms with van der Waals surface area (Å²) < 4.78 is 18.8. The summed E-state index contributed by atoms with van der Waals surface area (Å²) in [5.41, 5.74) is 6.08. The first kappa shape index (κ1) is 14.5. The Balaban J connectivity index is 2.75. The van der Waals surface area contributed by atoms with Gasteiger partial charge in [0.15, 0.2) is 0 Å². The van der Waals surface area contributed by atoms with Crippen molar-refractivity contribution in [2.45, 2.75) is 27.2 Å². The number of ether oxygens (including phenoxy) is 1. The number of benzene rings is 1. The molecule has 18 heavy (non-hydrogen) atoms. The van der Waals surface area contributed by atoms with E-state index in [0.29, 0.717) is 17.9 Å². The molecule has 0 radical (unpaired) electrons. The molecule has 1 rings (SSSR count). The summed E-state index contributed by atoms with van der Waals surface area (Å²) in [7, 11) is 0. The molecule has 0 amide bonds. The fourth-order valence-electron chi connectivity index (χ4n) is 1.34. The number of nitrogens with two attached hydrogens (primary N) is 1. The predicted octanol–water partition coefficient (Wildman–Crippen LogP) is 2.95. The molecule has 2 nitrogen and oxygen atoms in total. The summed E-state index contributed by atoms with van der Waals surface area (Å²) in [4.78, 5) is 0. The van der Waals surface area contributed by atoms with Gasteiger partial charge in [-0.05, 0) is 30.0 Å². The molecule has 0 saturated heterocycles. The lowest BCUT2D eigenvalue weighted by atomic mass is 9.93. The molecule has 0 bridgehead atoms. The summed E-state index contributed by atoms with van der Waals surface area (Å²) in [6.07, 6.45) is 0.925. The molecule has 0 unspecified atom stereocenters. The third-order valence-electron chi connectivity index (χ3n) is 2.38. The summed E-state index contributed by atoms with van der Waals surface area (Å²) in [6, 6.07) is 4.35. The Morgan fingerprint density at radius 1 is 1.33 bits per heavy atom. The third-order valence-corrected chi connectivity index (χ3v) is 2.38. The lowest BCUT2D eigenvalue weighted by Gasteiger charge is -2.18. The van der Waals surface area contributed by atoms with E-state index in [1.54, 1.807) is 6.07 Å². The van der Waals surface area contributed by atoms with Crippen LogP contribution in [0.5, 0.6) is 5.75 Å². The van der Waals surface area contributed by atoms with Gasteiger partial charge in [0.1, 0.15) is 11.6 Å². The highest BCUT2D eigenvalue weighted by Crippen LogP contribution is 2.22. The maximum atomic E-state index is 13.1. The molecule has 0 aromatic heterocycles. The molecule has 0 heterocycles. The molecule has 0 fully saturated rings. The van der Waals surface area contributed by atoms with E-state index in [-0.39, 0.29) is 17.8 Å². The molecule has 0 aliphatic carbocycles. The first-order valence-electron chi connectivity index (χ1n) is 6.04. The molecule has 3 heteroatoms. The van der Waals surface area contributed by atoms with Crippen LogP contribution in [0.1, 0.15) is 32.8 Å². The van der Waals surface area contributed by atoms with Crippen LogP contribution in [0.4, 0.5) is 4.39 Å². The van der Waals surface area contributed by atoms with E-state index in [9.17, 15) is 4.39 Å². The number of halogens is 1. The van der Waals surface area contributed by atoms with Gasteiger partial charge in [0.25, 0.3) is 0 Å². The number of hydrogen-bond acceptors (Lipinski definition) is 2. The smallest absolute Gasteiger partial charge is 0.135 e. The second kappa shape index (κ2) is 6.42. The van der Waals surface area contributed by atoms with Crippen LogP contribution in [0.2, 0.25) is 0 Å². The van der Waals surface area contributed by atoms with Gasteiger partial charge in [0.2, 0.25) is 0 Å². The van der Waals surface area contributed by atoms with Gasteiger partial charge in [-0.1, -0.05) is 32.6 Å². The zero-order valence-electron chi connectivity index (χ0n) is 11.2. The first-order valence-corrected chi connectivity index (χ1v) is 6.04. The van der Waals surface area contributed by atoms with E-state index in [0.717, 1.165) is 6.42 Å². The van der Waals surface area contributed by atoms with Crippen molar-refractivity contribution in [1.29, 1.82) is 0 Å². The molecular weight excluding hydrogens is 229 g/mol. The quantitative estimate of drug-likeness (QED) is 0.836. The Kier molecular flexibility index (Phi) is 5.18. The van der Waals surface area contributed by atoms with Crippen LogP contribution >= 0.6 is 0 Å². The van der Waals surface area contributed by atoms with Gasteiger partial charge in [-0.3, -0.25) is 0 Å². The maximum Gasteiger partial charge on any atom is 0.135 e. The second-order valence-electron chi connectivity index (χ2n) is 5.31. The Morgan fingerprint density at radius 2 is 2.06 bits per heavy atom. The Bertz CT molecular complexity index is 452. The van der Waals surface area contributed by atoms with E-state index in [1.807, 2.05) is 0 Å². The SMILES string of the molecule is CC(C)(C)CCOc1ccc(F)cc1C#CCN. The normalized spacial score (nSPS) is 10.7. The van der Waals surface area contributed by atoms with Crippen molar-refractivity contribution >= 4 is 0 Å². The first-order chi connectivity index (χ1) is 8.42. The van der Waals surface area contributed by atoms with Gasteiger partial charge in [-0.15, -0.1) is 0 Å². The van der Waals surface area contributed by atoms with E-state index >= 15 is 0 Å². The minimum atomic E-state index is -0.320. The summed E-state index contributed by atoms with van der Waals surface area (Å²) in [5, 5.41) is 0. The van der Waals surface area contributed by atoms with Gasteiger partial charge in [0, 0.05) is 0 Å². The molecule has 0 saturated carbocycles. The predicted molar refractivity (Wildman–Crippen MR) is 71.9 cm³/mol. The van der Waals surface area contributed by atoms with Crippen LogP contribution in [-0.4, -0.2) is 13.2 Å². The van der Waals surface area contributed by atoms with Gasteiger partial charge in [0.05, 0.1) is 18.7 Å². The lowest BCUT2D eigenvalue weighted by Crippen LogP contribution is -2.11. The van der Waals surface area contributed by atoms with E-state index in [4.69, 9.17) is 10.5 Å². The van der Waals surface area contributed by atoms with Crippen molar-refractivity contribution in [3.63, 3.8) is 0 Å². The van der Waals surface area contributed by atoms with Gasteiger partial charge < -0.3 is 10.5 Å². The molecular formula is C15H20FNO. The molecule has 0 aliphatic rings. The minimum Gasteiger partial charge on any atom is -0.492 e. The van der Waals surface area contributed by atoms with Crippen LogP contribution in [0.25, 0.3) is 0 Å². The fraction of sp³-hybridized carbons (Fsp3) is 0.467. The van der Waals surface area contributed by atoms with Crippen molar-refractivity contribution in [2.24, 2.45) is 11.1 Å². The highest BCUT2D eigenvalue weighted by atomic mass is 19.1. The summed E-state index contributed by atoms with van der Waals surface area (Å²) in [5.74, 6) is 5.82. The van der Waals surface area contributed by atoms with Gasteiger partial charge in [-0.2, -0.15) is 0 Å². The topological polar surface area (TPSA) is 35.2 Å². The van der Waals surface area contributed by atoms with Crippen molar-refractivity contribution in [3.8, 4) is 17.6 Å². The fourth-order valence-corrected chi connectivity index (χ4v) is 1.34. The molecule has 1 aromatic carbocycles. The highest BCUT2D eigenvalue weighted by molar-refractivity contribution is 5.46. The van der Waals surface area contributed by atoms with Crippen LogP contribution < -0.4 is 10.5 Å². The van der Waals surface area contributed by atoms with Crippen molar-refractivity contribution in [3.05, 3.63) is 29.6 Å². The second-order valence-corrected chi connectivity index (χ2v) is 5.31. The van der Waals surface area contributed by atoms with Gasteiger partial charge >= 0.3 is 0 Å². The van der Waals surface area contributed by atoms with E-state index in [2.05, 4.69) is 32.6 Å². The third kappa shape index (κ3) is 5.20. The van der Waals surface area contributed by atoms with Gasteiger partial charge in [-0.25, -0.2) is 4.39 Å². The zero-order valence-corrected chi connectivity index (χ0v) is 11.2. The zero-order chi connectivity index (χ0) is 13.6. The number of hydrogen-bond donors (Lipinski definition) is 1. The summed E-state index contributed by atoms with van der Waals surface area (Å²) >= 11 is 0. The van der Waals surface area contributed by atoms with Crippen molar-refractivity contribution in [2.75, 3.05) is 13.2 Å². The van der Waals surface area contributed by atoms with Crippen molar-refractivity contribution in [1.82, 2.24) is 0 Å². The molecule has 2 N–H and O–H groups in total. The van der Waals surface area contributed by atoms with Crippen LogP contribution in [-0.2, 0) is 0 Å². The average molecular weight is 249 g/mol. The Labute approximate surface area is 108 Å². The minimum absolute atomic E-state index is 0.211. The van der Waals surface area contributed by atoms with Crippen LogP contribution in [0, 0.1) is 23.1 Å². The molecule has 0 spiro atoms.